The minimum absolute atomic E-state index is 0.0471. The van der Waals surface area contributed by atoms with Crippen LogP contribution in [-0.4, -0.2) is 29.3 Å². The third kappa shape index (κ3) is 3.59. The molecule has 0 fully saturated rings. The van der Waals surface area contributed by atoms with E-state index >= 15 is 0 Å². The zero-order chi connectivity index (χ0) is 18.8. The van der Waals surface area contributed by atoms with Crippen molar-refractivity contribution in [2.24, 2.45) is 0 Å². The molecule has 7 nitrogen and oxygen atoms in total. The van der Waals surface area contributed by atoms with E-state index in [2.05, 4.69) is 10.1 Å². The van der Waals surface area contributed by atoms with E-state index in [0.29, 0.717) is 34.8 Å². The molecule has 0 aliphatic carbocycles. The topological polar surface area (TPSA) is 77.7 Å². The monoisotopic (exact) mass is 385 g/mol. The van der Waals surface area contributed by atoms with E-state index < -0.39 is 0 Å². The van der Waals surface area contributed by atoms with Crippen LogP contribution >= 0.6 is 11.6 Å². The minimum Gasteiger partial charge on any atom is -0.494 e. The van der Waals surface area contributed by atoms with Crippen molar-refractivity contribution in [3.63, 3.8) is 0 Å². The number of halogens is 1. The minimum atomic E-state index is -0.203. The van der Waals surface area contributed by atoms with Gasteiger partial charge in [-0.05, 0) is 49.4 Å². The summed E-state index contributed by atoms with van der Waals surface area (Å²) in [5, 5.41) is 4.52. The van der Waals surface area contributed by atoms with Gasteiger partial charge in [-0.1, -0.05) is 16.8 Å². The Labute approximate surface area is 160 Å². The fraction of sp³-hybridized carbons (Fsp3) is 0.211. The zero-order valence-corrected chi connectivity index (χ0v) is 15.3. The smallest absolute Gasteiger partial charge is 0.265 e. The van der Waals surface area contributed by atoms with Crippen LogP contribution < -0.4 is 14.4 Å². The number of nitrogens with zero attached hydrogens (tertiary/aromatic N) is 3. The summed E-state index contributed by atoms with van der Waals surface area (Å²) in [5.41, 5.74) is 1.38. The van der Waals surface area contributed by atoms with Crippen LogP contribution in [0.2, 0.25) is 5.02 Å². The Morgan fingerprint density at radius 3 is 2.81 bits per heavy atom. The van der Waals surface area contributed by atoms with Gasteiger partial charge in [0.2, 0.25) is 11.7 Å². The van der Waals surface area contributed by atoms with Gasteiger partial charge in [-0.15, -0.1) is 0 Å². The first-order chi connectivity index (χ1) is 13.1. The summed E-state index contributed by atoms with van der Waals surface area (Å²) >= 11 is 6.06. The molecule has 27 heavy (non-hydrogen) atoms. The highest BCUT2D eigenvalue weighted by Crippen LogP contribution is 2.35. The van der Waals surface area contributed by atoms with Gasteiger partial charge in [-0.25, -0.2) is 0 Å². The maximum absolute atomic E-state index is 12.3. The first kappa shape index (κ1) is 17.4. The van der Waals surface area contributed by atoms with E-state index in [-0.39, 0.29) is 19.1 Å². The van der Waals surface area contributed by atoms with Crippen LogP contribution in [0.3, 0.4) is 0 Å². The van der Waals surface area contributed by atoms with Crippen LogP contribution in [0.25, 0.3) is 11.4 Å². The Hall–Kier alpha value is -3.06. The van der Waals surface area contributed by atoms with Crippen LogP contribution in [0.4, 0.5) is 5.69 Å². The van der Waals surface area contributed by atoms with E-state index in [1.165, 1.54) is 4.90 Å². The lowest BCUT2D eigenvalue weighted by atomic mass is 10.2. The molecular weight excluding hydrogens is 370 g/mol. The highest BCUT2D eigenvalue weighted by atomic mass is 35.5. The summed E-state index contributed by atoms with van der Waals surface area (Å²) < 4.78 is 16.2. The Morgan fingerprint density at radius 2 is 2.04 bits per heavy atom. The maximum Gasteiger partial charge on any atom is 0.265 e. The second-order valence-corrected chi connectivity index (χ2v) is 6.29. The molecule has 2 heterocycles. The number of fused-ring (bicyclic) bond motifs is 1. The first-order valence-corrected chi connectivity index (χ1v) is 8.80. The average Bonchev–Trinajstić information content (AvgIpc) is 3.14. The Morgan fingerprint density at radius 1 is 1.22 bits per heavy atom. The predicted molar refractivity (Wildman–Crippen MR) is 99.0 cm³/mol. The van der Waals surface area contributed by atoms with Gasteiger partial charge in [-0.2, -0.15) is 4.98 Å². The summed E-state index contributed by atoms with van der Waals surface area (Å²) in [7, 11) is 0. The number of amides is 1. The van der Waals surface area contributed by atoms with Crippen molar-refractivity contribution in [1.29, 1.82) is 0 Å². The number of hydrogen-bond donors (Lipinski definition) is 0. The molecular formula is C19H16ClN3O4. The van der Waals surface area contributed by atoms with Gasteiger partial charge in [0, 0.05) is 10.6 Å². The largest absolute Gasteiger partial charge is 0.494 e. The number of hydrogen-bond acceptors (Lipinski definition) is 6. The summed E-state index contributed by atoms with van der Waals surface area (Å²) in [6, 6.07) is 12.5. The molecule has 8 heteroatoms. The lowest BCUT2D eigenvalue weighted by Crippen LogP contribution is -2.38. The molecule has 2 aromatic carbocycles. The molecule has 0 unspecified atom stereocenters. The Balaban J connectivity index is 1.56. The molecule has 0 N–H and O–H groups in total. The molecule has 1 aromatic heterocycles. The summed E-state index contributed by atoms with van der Waals surface area (Å²) in [6.45, 7) is 2.62. The molecule has 1 amide bonds. The molecule has 1 aliphatic heterocycles. The van der Waals surface area contributed by atoms with E-state index in [1.54, 1.807) is 18.2 Å². The second-order valence-electron chi connectivity index (χ2n) is 5.85. The molecule has 138 valence electrons. The summed E-state index contributed by atoms with van der Waals surface area (Å²) in [4.78, 5) is 18.2. The number of benzene rings is 2. The standard InChI is InChI=1S/C19H16ClN3O4/c1-2-25-14-6-3-12(4-7-14)19-21-17(27-22-19)10-23-15-9-13(20)5-8-16(15)26-11-18(23)24/h3-9H,2,10-11H2,1H3. The van der Waals surface area contributed by atoms with Crippen molar-refractivity contribution in [2.45, 2.75) is 13.5 Å². The highest BCUT2D eigenvalue weighted by molar-refractivity contribution is 6.31. The van der Waals surface area contributed by atoms with Gasteiger partial charge >= 0.3 is 0 Å². The van der Waals surface area contributed by atoms with Gasteiger partial charge in [0.25, 0.3) is 5.91 Å². The molecule has 0 radical (unpaired) electrons. The zero-order valence-electron chi connectivity index (χ0n) is 14.5. The predicted octanol–water partition coefficient (Wildman–Crippen LogP) is 3.71. The van der Waals surface area contributed by atoms with Crippen LogP contribution in [0.15, 0.2) is 47.0 Å². The van der Waals surface area contributed by atoms with Crippen LogP contribution in [-0.2, 0) is 11.3 Å². The van der Waals surface area contributed by atoms with Crippen molar-refractivity contribution >= 4 is 23.2 Å². The molecule has 0 saturated carbocycles. The van der Waals surface area contributed by atoms with Gasteiger partial charge in [0.15, 0.2) is 6.61 Å². The number of anilines is 1. The van der Waals surface area contributed by atoms with Crippen molar-refractivity contribution < 1.29 is 18.8 Å². The fourth-order valence-electron chi connectivity index (χ4n) is 2.79. The normalized spacial score (nSPS) is 13.3. The van der Waals surface area contributed by atoms with Crippen molar-refractivity contribution in [3.05, 3.63) is 53.4 Å². The lowest BCUT2D eigenvalue weighted by molar-refractivity contribution is -0.121. The lowest BCUT2D eigenvalue weighted by Gasteiger charge is -2.28. The first-order valence-electron chi connectivity index (χ1n) is 8.42. The number of carbonyl (C=O) groups excluding carboxylic acids is 1. The second kappa shape index (κ2) is 7.28. The number of rotatable bonds is 5. The molecule has 0 bridgehead atoms. The van der Waals surface area contributed by atoms with Gasteiger partial charge in [-0.3, -0.25) is 9.69 Å². The van der Waals surface area contributed by atoms with Crippen molar-refractivity contribution in [1.82, 2.24) is 10.1 Å². The third-order valence-electron chi connectivity index (χ3n) is 4.05. The summed E-state index contributed by atoms with van der Waals surface area (Å²) in [6.07, 6.45) is 0. The molecule has 0 spiro atoms. The maximum atomic E-state index is 12.3. The molecule has 0 atom stereocenters. The third-order valence-corrected chi connectivity index (χ3v) is 4.28. The Bertz CT molecular complexity index is 971. The van der Waals surface area contributed by atoms with Gasteiger partial charge in [0.05, 0.1) is 12.3 Å². The van der Waals surface area contributed by atoms with E-state index in [9.17, 15) is 4.79 Å². The van der Waals surface area contributed by atoms with Crippen molar-refractivity contribution in [3.8, 4) is 22.9 Å². The van der Waals surface area contributed by atoms with Gasteiger partial charge in [0.1, 0.15) is 18.0 Å². The highest BCUT2D eigenvalue weighted by Gasteiger charge is 2.27. The van der Waals surface area contributed by atoms with E-state index in [4.69, 9.17) is 25.6 Å². The Kier molecular flexibility index (Phi) is 4.68. The number of carbonyl (C=O) groups is 1. The van der Waals surface area contributed by atoms with Crippen molar-refractivity contribution in [2.75, 3.05) is 18.1 Å². The summed E-state index contributed by atoms with van der Waals surface area (Å²) in [5.74, 6) is 1.92. The molecule has 3 aromatic rings. The quantitative estimate of drug-likeness (QED) is 0.666. The molecule has 1 aliphatic rings. The number of ether oxygens (including phenoxy) is 2. The average molecular weight is 386 g/mol. The number of aromatic nitrogens is 2. The van der Waals surface area contributed by atoms with Crippen LogP contribution in [0.5, 0.6) is 11.5 Å². The van der Waals surface area contributed by atoms with Crippen LogP contribution in [0, 0.1) is 0 Å². The van der Waals surface area contributed by atoms with E-state index in [0.717, 1.165) is 11.3 Å². The van der Waals surface area contributed by atoms with Gasteiger partial charge < -0.3 is 14.0 Å². The SMILES string of the molecule is CCOc1ccc(-c2noc(CN3C(=O)COc4ccc(Cl)cc43)n2)cc1. The molecule has 0 saturated heterocycles. The van der Waals surface area contributed by atoms with Crippen LogP contribution in [0.1, 0.15) is 12.8 Å². The van der Waals surface area contributed by atoms with E-state index in [1.807, 2.05) is 31.2 Å². The molecule has 4 rings (SSSR count). The fourth-order valence-corrected chi connectivity index (χ4v) is 2.95.